The number of anilines is 1. The minimum Gasteiger partial charge on any atom is -0.410 e. The third-order valence-electron chi connectivity index (χ3n) is 2.92. The Morgan fingerprint density at radius 1 is 1.26 bits per heavy atom. The first-order chi connectivity index (χ1) is 11.2. The average molecular weight is 393 g/mol. The fraction of sp³-hybridized carbons (Fsp3) is 0.133. The van der Waals surface area contributed by atoms with Crippen molar-refractivity contribution >= 4 is 39.3 Å². The topological polar surface area (TPSA) is 83.8 Å². The molecule has 1 amide bonds. The molecule has 0 unspecified atom stereocenters. The summed E-state index contributed by atoms with van der Waals surface area (Å²) in [6.07, 6.45) is 2.15. The largest absolute Gasteiger partial charge is 0.410 e. The summed E-state index contributed by atoms with van der Waals surface area (Å²) < 4.78 is 6.49. The number of amides is 1. The summed E-state index contributed by atoms with van der Waals surface area (Å²) >= 11 is 4.71. The standard InChI is InChI=1S/C15H13BrN4O2S/c16-10-3-5-11(6-4-10)18-13(21)7-9-23-15-20-19-14(22-15)12-2-1-8-17-12/h1-6,8,17H,7,9H2,(H,18,21). The molecule has 0 saturated carbocycles. The van der Waals surface area contributed by atoms with Gasteiger partial charge in [0, 0.05) is 28.5 Å². The molecule has 0 spiro atoms. The highest BCUT2D eigenvalue weighted by molar-refractivity contribution is 9.10. The predicted octanol–water partition coefficient (Wildman–Crippen LogP) is 3.95. The summed E-state index contributed by atoms with van der Waals surface area (Å²) in [5.74, 6) is 0.954. The Morgan fingerprint density at radius 2 is 2.09 bits per heavy atom. The van der Waals surface area contributed by atoms with Crippen LogP contribution in [0.1, 0.15) is 6.42 Å². The van der Waals surface area contributed by atoms with E-state index in [4.69, 9.17) is 4.42 Å². The van der Waals surface area contributed by atoms with Crippen molar-refractivity contribution < 1.29 is 9.21 Å². The zero-order chi connectivity index (χ0) is 16.1. The highest BCUT2D eigenvalue weighted by Crippen LogP contribution is 2.22. The first kappa shape index (κ1) is 15.8. The molecule has 2 N–H and O–H groups in total. The van der Waals surface area contributed by atoms with Crippen molar-refractivity contribution in [2.75, 3.05) is 11.1 Å². The number of aromatic nitrogens is 3. The Balaban J connectivity index is 1.46. The molecule has 0 fully saturated rings. The van der Waals surface area contributed by atoms with Crippen molar-refractivity contribution in [1.82, 2.24) is 15.2 Å². The SMILES string of the molecule is O=C(CCSc1nnc(-c2ccc[nH]2)o1)Nc1ccc(Br)cc1. The van der Waals surface area contributed by atoms with Crippen LogP contribution in [0.3, 0.4) is 0 Å². The van der Waals surface area contributed by atoms with E-state index in [1.54, 1.807) is 6.20 Å². The first-order valence-corrected chi connectivity index (χ1v) is 8.64. The van der Waals surface area contributed by atoms with E-state index in [1.807, 2.05) is 36.4 Å². The molecule has 0 bridgehead atoms. The van der Waals surface area contributed by atoms with Crippen molar-refractivity contribution in [2.24, 2.45) is 0 Å². The zero-order valence-electron chi connectivity index (χ0n) is 12.0. The molecule has 0 aliphatic rings. The van der Waals surface area contributed by atoms with Gasteiger partial charge >= 0.3 is 0 Å². The number of hydrogen-bond acceptors (Lipinski definition) is 5. The Hall–Kier alpha value is -2.06. The molecule has 0 aliphatic heterocycles. The van der Waals surface area contributed by atoms with Crippen molar-refractivity contribution in [2.45, 2.75) is 11.6 Å². The van der Waals surface area contributed by atoms with Gasteiger partial charge in [0.05, 0.1) is 0 Å². The lowest BCUT2D eigenvalue weighted by molar-refractivity contribution is -0.115. The number of carbonyl (C=O) groups is 1. The first-order valence-electron chi connectivity index (χ1n) is 6.86. The third kappa shape index (κ3) is 4.46. The van der Waals surface area contributed by atoms with E-state index in [2.05, 4.69) is 36.4 Å². The normalized spacial score (nSPS) is 10.7. The number of thioether (sulfide) groups is 1. The van der Waals surface area contributed by atoms with Gasteiger partial charge in [-0.05, 0) is 36.4 Å². The van der Waals surface area contributed by atoms with Crippen LogP contribution >= 0.6 is 27.7 Å². The van der Waals surface area contributed by atoms with E-state index in [1.165, 1.54) is 11.8 Å². The van der Waals surface area contributed by atoms with Crippen LogP contribution in [0.5, 0.6) is 0 Å². The van der Waals surface area contributed by atoms with Gasteiger partial charge in [0.15, 0.2) is 0 Å². The summed E-state index contributed by atoms with van der Waals surface area (Å²) in [5, 5.41) is 11.2. The van der Waals surface area contributed by atoms with Crippen LogP contribution in [0.25, 0.3) is 11.6 Å². The smallest absolute Gasteiger partial charge is 0.276 e. The molecule has 23 heavy (non-hydrogen) atoms. The fourth-order valence-corrected chi connectivity index (χ4v) is 2.79. The maximum Gasteiger partial charge on any atom is 0.276 e. The van der Waals surface area contributed by atoms with Gasteiger partial charge in [-0.15, -0.1) is 10.2 Å². The highest BCUT2D eigenvalue weighted by Gasteiger charge is 2.10. The molecule has 3 aromatic rings. The van der Waals surface area contributed by atoms with Crippen molar-refractivity contribution in [1.29, 1.82) is 0 Å². The van der Waals surface area contributed by atoms with E-state index >= 15 is 0 Å². The van der Waals surface area contributed by atoms with Crippen LogP contribution in [0, 0.1) is 0 Å². The monoisotopic (exact) mass is 392 g/mol. The zero-order valence-corrected chi connectivity index (χ0v) is 14.4. The van der Waals surface area contributed by atoms with Crippen LogP contribution in [-0.2, 0) is 4.79 Å². The molecule has 1 aromatic carbocycles. The maximum atomic E-state index is 11.9. The number of H-pyrrole nitrogens is 1. The van der Waals surface area contributed by atoms with Gasteiger partial charge in [-0.3, -0.25) is 4.79 Å². The molecule has 0 radical (unpaired) electrons. The van der Waals surface area contributed by atoms with E-state index in [-0.39, 0.29) is 5.91 Å². The number of nitrogens with one attached hydrogen (secondary N) is 2. The van der Waals surface area contributed by atoms with Crippen molar-refractivity contribution in [3.05, 3.63) is 47.1 Å². The molecule has 0 aliphatic carbocycles. The number of nitrogens with zero attached hydrogens (tertiary/aromatic N) is 2. The molecule has 2 aromatic heterocycles. The quantitative estimate of drug-likeness (QED) is 0.620. The number of halogens is 1. The van der Waals surface area contributed by atoms with E-state index in [9.17, 15) is 4.79 Å². The summed E-state index contributed by atoms with van der Waals surface area (Å²) in [4.78, 5) is 14.9. The summed E-state index contributed by atoms with van der Waals surface area (Å²) in [7, 11) is 0. The fourth-order valence-electron chi connectivity index (χ4n) is 1.83. The average Bonchev–Trinajstić information content (AvgIpc) is 3.20. The molecular formula is C15H13BrN4O2S. The second-order valence-electron chi connectivity index (χ2n) is 4.61. The second-order valence-corrected chi connectivity index (χ2v) is 6.57. The van der Waals surface area contributed by atoms with Crippen molar-refractivity contribution in [3.8, 4) is 11.6 Å². The lowest BCUT2D eigenvalue weighted by Gasteiger charge is -2.04. The minimum absolute atomic E-state index is 0.0519. The lowest BCUT2D eigenvalue weighted by atomic mass is 10.3. The molecule has 3 rings (SSSR count). The molecule has 0 atom stereocenters. The van der Waals surface area contributed by atoms with Gasteiger partial charge < -0.3 is 14.7 Å². The molecular weight excluding hydrogens is 380 g/mol. The Labute approximate surface area is 145 Å². The lowest BCUT2D eigenvalue weighted by Crippen LogP contribution is -2.11. The van der Waals surface area contributed by atoms with Crippen LogP contribution < -0.4 is 5.32 Å². The molecule has 2 heterocycles. The van der Waals surface area contributed by atoms with E-state index in [0.29, 0.717) is 23.3 Å². The van der Waals surface area contributed by atoms with E-state index in [0.717, 1.165) is 15.9 Å². The van der Waals surface area contributed by atoms with Gasteiger partial charge in [-0.1, -0.05) is 27.7 Å². The van der Waals surface area contributed by atoms with Crippen LogP contribution in [-0.4, -0.2) is 26.8 Å². The van der Waals surface area contributed by atoms with E-state index < -0.39 is 0 Å². The van der Waals surface area contributed by atoms with Crippen LogP contribution in [0.4, 0.5) is 5.69 Å². The number of hydrogen-bond donors (Lipinski definition) is 2. The van der Waals surface area contributed by atoms with Gasteiger partial charge in [-0.2, -0.15) is 0 Å². The number of carbonyl (C=O) groups excluding carboxylic acids is 1. The number of aromatic amines is 1. The van der Waals surface area contributed by atoms with Gasteiger partial charge in [-0.25, -0.2) is 0 Å². The Kier molecular flexibility index (Phi) is 5.14. The molecule has 6 nitrogen and oxygen atoms in total. The molecule has 8 heteroatoms. The van der Waals surface area contributed by atoms with Crippen molar-refractivity contribution in [3.63, 3.8) is 0 Å². The van der Waals surface area contributed by atoms with Crippen LogP contribution in [0.2, 0.25) is 0 Å². The third-order valence-corrected chi connectivity index (χ3v) is 4.27. The number of benzene rings is 1. The molecule has 0 saturated heterocycles. The number of rotatable bonds is 6. The van der Waals surface area contributed by atoms with Gasteiger partial charge in [0.1, 0.15) is 5.69 Å². The molecule has 118 valence electrons. The van der Waals surface area contributed by atoms with Gasteiger partial charge in [0.25, 0.3) is 11.1 Å². The van der Waals surface area contributed by atoms with Gasteiger partial charge in [0.2, 0.25) is 5.91 Å². The summed E-state index contributed by atoms with van der Waals surface area (Å²) in [5.41, 5.74) is 1.55. The second kappa shape index (κ2) is 7.47. The maximum absolute atomic E-state index is 11.9. The van der Waals surface area contributed by atoms with Crippen LogP contribution in [0.15, 0.2) is 56.7 Å². The Morgan fingerprint density at radius 3 is 2.83 bits per heavy atom. The Bertz CT molecular complexity index is 771. The predicted molar refractivity (Wildman–Crippen MR) is 92.2 cm³/mol. The summed E-state index contributed by atoms with van der Waals surface area (Å²) in [6.45, 7) is 0. The summed E-state index contributed by atoms with van der Waals surface area (Å²) in [6, 6.07) is 11.2. The minimum atomic E-state index is -0.0519. The highest BCUT2D eigenvalue weighted by atomic mass is 79.9.